The maximum Gasteiger partial charge on any atom is 0.228 e. The quantitative estimate of drug-likeness (QED) is 0.637. The summed E-state index contributed by atoms with van der Waals surface area (Å²) in [6.45, 7) is 0. The molecule has 1 aromatic heterocycles. The predicted octanol–water partition coefficient (Wildman–Crippen LogP) is 3.87. The highest BCUT2D eigenvalue weighted by molar-refractivity contribution is 6.33. The van der Waals surface area contributed by atoms with Crippen LogP contribution in [0.5, 0.6) is 5.75 Å². The Morgan fingerprint density at radius 1 is 1.26 bits per heavy atom. The molecule has 0 spiro atoms. The lowest BCUT2D eigenvalue weighted by Gasteiger charge is -2.38. The molecule has 7 heteroatoms. The molecular weight excluding hydrogens is 364 g/mol. The molecule has 27 heavy (non-hydrogen) atoms. The van der Waals surface area contributed by atoms with Crippen molar-refractivity contribution < 1.29 is 9.90 Å². The lowest BCUT2D eigenvalue weighted by atomic mass is 9.79. The number of aromatic hydroxyl groups is 1. The van der Waals surface area contributed by atoms with Gasteiger partial charge in [0.1, 0.15) is 5.75 Å². The lowest BCUT2D eigenvalue weighted by molar-refractivity contribution is -0.124. The molecule has 0 radical (unpaired) electrons. The van der Waals surface area contributed by atoms with Crippen LogP contribution in [0.4, 0.5) is 5.82 Å². The van der Waals surface area contributed by atoms with E-state index in [1.807, 2.05) is 32.3 Å². The van der Waals surface area contributed by atoms with Crippen LogP contribution in [0.1, 0.15) is 12.8 Å². The fourth-order valence-corrected chi connectivity index (χ4v) is 3.74. The summed E-state index contributed by atoms with van der Waals surface area (Å²) in [7, 11) is 4.08. The molecule has 1 heterocycles. The Bertz CT molecular complexity index is 1010. The summed E-state index contributed by atoms with van der Waals surface area (Å²) in [4.78, 5) is 14.7. The zero-order chi connectivity index (χ0) is 19.1. The topological polar surface area (TPSA) is 81.2 Å². The van der Waals surface area contributed by atoms with E-state index >= 15 is 0 Å². The number of carbonyl (C=O) groups excluding carboxylic acids is 1. The molecule has 0 atom stereocenters. The minimum absolute atomic E-state index is 0.00886. The largest absolute Gasteiger partial charge is 0.508 e. The highest BCUT2D eigenvalue weighted by atomic mass is 35.5. The molecule has 140 valence electrons. The van der Waals surface area contributed by atoms with E-state index < -0.39 is 0 Å². The molecule has 6 nitrogen and oxygen atoms in total. The number of anilines is 1. The van der Waals surface area contributed by atoms with E-state index in [9.17, 15) is 9.90 Å². The van der Waals surface area contributed by atoms with E-state index in [1.165, 1.54) is 6.07 Å². The van der Waals surface area contributed by atoms with Crippen molar-refractivity contribution >= 4 is 34.2 Å². The van der Waals surface area contributed by atoms with Gasteiger partial charge in [0.15, 0.2) is 5.82 Å². The van der Waals surface area contributed by atoms with E-state index in [0.29, 0.717) is 16.9 Å². The van der Waals surface area contributed by atoms with Crippen molar-refractivity contribution in [2.75, 3.05) is 19.4 Å². The normalized spacial score (nSPS) is 19.3. The number of aromatic nitrogens is 2. The van der Waals surface area contributed by atoms with E-state index in [-0.39, 0.29) is 17.6 Å². The van der Waals surface area contributed by atoms with Gasteiger partial charge in [0.2, 0.25) is 5.91 Å². The van der Waals surface area contributed by atoms with Crippen molar-refractivity contribution in [3.05, 3.63) is 41.4 Å². The number of fused-ring (bicyclic) bond motifs is 1. The SMILES string of the molecule is CN(C)C1CC(C(=O)Nc2n[nH]c3ccc(-c4ccc(O)cc4Cl)cc23)C1. The van der Waals surface area contributed by atoms with Crippen molar-refractivity contribution in [1.29, 1.82) is 0 Å². The predicted molar refractivity (Wildman–Crippen MR) is 107 cm³/mol. The molecule has 3 N–H and O–H groups in total. The molecule has 1 fully saturated rings. The molecule has 4 rings (SSSR count). The average Bonchev–Trinajstić information content (AvgIpc) is 2.95. The zero-order valence-electron chi connectivity index (χ0n) is 15.2. The molecule has 1 saturated carbocycles. The van der Waals surface area contributed by atoms with Crippen molar-refractivity contribution in [1.82, 2.24) is 15.1 Å². The maximum atomic E-state index is 12.5. The molecule has 0 bridgehead atoms. The second-order valence-electron chi connectivity index (χ2n) is 7.27. The minimum atomic E-state index is 0.00886. The Balaban J connectivity index is 1.58. The van der Waals surface area contributed by atoms with Crippen molar-refractivity contribution in [3.8, 4) is 16.9 Å². The summed E-state index contributed by atoms with van der Waals surface area (Å²) < 4.78 is 0. The number of aromatic amines is 1. The molecule has 0 aliphatic heterocycles. The molecule has 1 amide bonds. The van der Waals surface area contributed by atoms with Gasteiger partial charge < -0.3 is 15.3 Å². The summed E-state index contributed by atoms with van der Waals surface area (Å²) in [6.07, 6.45) is 1.74. The first-order valence-corrected chi connectivity index (χ1v) is 9.24. The molecule has 1 aliphatic rings. The summed E-state index contributed by atoms with van der Waals surface area (Å²) in [5.41, 5.74) is 2.53. The third-order valence-corrected chi connectivity index (χ3v) is 5.60. The van der Waals surface area contributed by atoms with Crippen LogP contribution in [0.2, 0.25) is 5.02 Å². The number of H-pyrrole nitrogens is 1. The Morgan fingerprint density at radius 3 is 2.74 bits per heavy atom. The van der Waals surface area contributed by atoms with Crippen LogP contribution in [0.3, 0.4) is 0 Å². The smallest absolute Gasteiger partial charge is 0.228 e. The molecule has 1 aliphatic carbocycles. The Labute approximate surface area is 162 Å². The van der Waals surface area contributed by atoms with Gasteiger partial charge in [0.05, 0.1) is 10.5 Å². The number of nitrogens with zero attached hydrogens (tertiary/aromatic N) is 2. The Hall–Kier alpha value is -2.57. The lowest BCUT2D eigenvalue weighted by Crippen LogP contribution is -2.45. The first-order chi connectivity index (χ1) is 12.9. The fourth-order valence-electron chi connectivity index (χ4n) is 3.46. The number of nitrogens with one attached hydrogen (secondary N) is 2. The van der Waals surface area contributed by atoms with E-state index in [1.54, 1.807) is 12.1 Å². The fraction of sp³-hybridized carbons (Fsp3) is 0.300. The minimum Gasteiger partial charge on any atom is -0.508 e. The summed E-state index contributed by atoms with van der Waals surface area (Å²) in [5, 5.41) is 21.0. The van der Waals surface area contributed by atoms with E-state index in [0.717, 1.165) is 34.9 Å². The van der Waals surface area contributed by atoms with E-state index in [2.05, 4.69) is 20.4 Å². The Morgan fingerprint density at radius 2 is 2.04 bits per heavy atom. The number of halogens is 1. The van der Waals surface area contributed by atoms with Crippen LogP contribution in [0.15, 0.2) is 36.4 Å². The molecular formula is C20H21ClN4O2. The monoisotopic (exact) mass is 384 g/mol. The number of phenols is 1. The van der Waals surface area contributed by atoms with Crippen LogP contribution < -0.4 is 5.32 Å². The second-order valence-corrected chi connectivity index (χ2v) is 7.68. The second kappa shape index (κ2) is 6.87. The number of phenolic OH excluding ortho intramolecular Hbond substituents is 1. The van der Waals surface area contributed by atoms with Crippen LogP contribution in [0, 0.1) is 5.92 Å². The van der Waals surface area contributed by atoms with Crippen molar-refractivity contribution in [3.63, 3.8) is 0 Å². The zero-order valence-corrected chi connectivity index (χ0v) is 15.9. The third kappa shape index (κ3) is 3.38. The number of amides is 1. The van der Waals surface area contributed by atoms with Gasteiger partial charge >= 0.3 is 0 Å². The highest BCUT2D eigenvalue weighted by Gasteiger charge is 2.35. The van der Waals surface area contributed by atoms with E-state index in [4.69, 9.17) is 11.6 Å². The number of carbonyl (C=O) groups is 1. The number of benzene rings is 2. The summed E-state index contributed by atoms with van der Waals surface area (Å²) in [6, 6.07) is 11.1. The number of rotatable bonds is 4. The van der Waals surface area contributed by atoms with Crippen LogP contribution in [-0.2, 0) is 4.79 Å². The van der Waals surface area contributed by atoms with Gasteiger partial charge in [-0.1, -0.05) is 17.7 Å². The summed E-state index contributed by atoms with van der Waals surface area (Å²) >= 11 is 6.26. The van der Waals surface area contributed by atoms with Crippen LogP contribution >= 0.6 is 11.6 Å². The van der Waals surface area contributed by atoms with Crippen molar-refractivity contribution in [2.24, 2.45) is 5.92 Å². The van der Waals surface area contributed by atoms with Crippen LogP contribution in [-0.4, -0.2) is 46.2 Å². The van der Waals surface area contributed by atoms with Crippen molar-refractivity contribution in [2.45, 2.75) is 18.9 Å². The van der Waals surface area contributed by atoms with Gasteiger partial charge in [-0.15, -0.1) is 0 Å². The maximum absolute atomic E-state index is 12.5. The first-order valence-electron chi connectivity index (χ1n) is 8.86. The molecule has 0 unspecified atom stereocenters. The molecule has 3 aromatic rings. The summed E-state index contributed by atoms with van der Waals surface area (Å²) in [5.74, 6) is 0.686. The van der Waals surface area contributed by atoms with Gasteiger partial charge in [-0.25, -0.2) is 0 Å². The van der Waals surface area contributed by atoms with Gasteiger partial charge in [-0.2, -0.15) is 5.10 Å². The van der Waals surface area contributed by atoms with Crippen LogP contribution in [0.25, 0.3) is 22.0 Å². The molecule has 2 aromatic carbocycles. The standard InChI is InChI=1S/C20H21ClN4O2/c1-25(2)13-7-12(8-13)20(27)22-19-16-9-11(3-6-18(16)23-24-19)15-5-4-14(26)10-17(15)21/h3-6,9-10,12-13,26H,7-8H2,1-2H3,(H2,22,23,24,27). The van der Waals surface area contributed by atoms with Gasteiger partial charge in [-0.05, 0) is 62.8 Å². The Kier molecular flexibility index (Phi) is 4.53. The number of hydrogen-bond donors (Lipinski definition) is 3. The molecule has 0 saturated heterocycles. The van der Waals surface area contributed by atoms with Gasteiger partial charge in [0.25, 0.3) is 0 Å². The highest BCUT2D eigenvalue weighted by Crippen LogP contribution is 2.35. The number of hydrogen-bond acceptors (Lipinski definition) is 4. The van der Waals surface area contributed by atoms with Gasteiger partial charge in [0, 0.05) is 22.9 Å². The average molecular weight is 385 g/mol. The third-order valence-electron chi connectivity index (χ3n) is 5.28. The first kappa shape index (κ1) is 17.8. The van der Waals surface area contributed by atoms with Gasteiger partial charge in [-0.3, -0.25) is 9.89 Å².